The van der Waals surface area contributed by atoms with Crippen LogP contribution in [-0.2, 0) is 11.8 Å². The second-order valence-corrected chi connectivity index (χ2v) is 4.03. The van der Waals surface area contributed by atoms with Crippen molar-refractivity contribution in [1.82, 2.24) is 9.78 Å². The molecule has 2 aromatic rings. The van der Waals surface area contributed by atoms with Gasteiger partial charge < -0.3 is 5.32 Å². The summed E-state index contributed by atoms with van der Waals surface area (Å²) in [6.07, 6.45) is 3.29. The van der Waals surface area contributed by atoms with E-state index in [2.05, 4.69) is 10.4 Å². The first-order chi connectivity index (χ1) is 8.65. The number of hydrogen-bond donors (Lipinski definition) is 1. The van der Waals surface area contributed by atoms with Crippen molar-refractivity contribution < 1.29 is 4.79 Å². The van der Waals surface area contributed by atoms with Gasteiger partial charge in [0.25, 0.3) is 0 Å². The van der Waals surface area contributed by atoms with E-state index in [-0.39, 0.29) is 5.91 Å². The number of aromatic nitrogens is 2. The van der Waals surface area contributed by atoms with E-state index in [1.807, 2.05) is 43.3 Å². The van der Waals surface area contributed by atoms with Crippen LogP contribution in [0, 0.1) is 6.92 Å². The molecule has 1 heterocycles. The molecule has 92 valence electrons. The van der Waals surface area contributed by atoms with Crippen LogP contribution in [-0.4, -0.2) is 15.7 Å². The minimum atomic E-state index is -0.165. The zero-order chi connectivity index (χ0) is 13.0. The van der Waals surface area contributed by atoms with Crippen molar-refractivity contribution in [2.45, 2.75) is 6.92 Å². The summed E-state index contributed by atoms with van der Waals surface area (Å²) in [6, 6.07) is 11.5. The summed E-state index contributed by atoms with van der Waals surface area (Å²) in [4.78, 5) is 11.7. The zero-order valence-electron chi connectivity index (χ0n) is 10.4. The van der Waals surface area contributed by atoms with Gasteiger partial charge in [0.1, 0.15) is 5.82 Å². The zero-order valence-corrected chi connectivity index (χ0v) is 10.4. The van der Waals surface area contributed by atoms with Crippen molar-refractivity contribution >= 4 is 17.8 Å². The highest BCUT2D eigenvalue weighted by molar-refractivity contribution is 6.01. The molecule has 1 aromatic carbocycles. The van der Waals surface area contributed by atoms with Gasteiger partial charge in [-0.3, -0.25) is 9.48 Å². The third kappa shape index (κ3) is 3.07. The van der Waals surface area contributed by atoms with Gasteiger partial charge in [-0.2, -0.15) is 5.10 Å². The molecule has 0 spiro atoms. The van der Waals surface area contributed by atoms with Crippen molar-refractivity contribution in [2.24, 2.45) is 7.05 Å². The van der Waals surface area contributed by atoms with Gasteiger partial charge in [-0.15, -0.1) is 0 Å². The fourth-order valence-corrected chi connectivity index (χ4v) is 1.63. The van der Waals surface area contributed by atoms with Crippen molar-refractivity contribution in [3.63, 3.8) is 0 Å². The van der Waals surface area contributed by atoms with Gasteiger partial charge in [-0.05, 0) is 18.6 Å². The molecule has 0 atom stereocenters. The molecule has 0 unspecified atom stereocenters. The van der Waals surface area contributed by atoms with Crippen LogP contribution < -0.4 is 5.32 Å². The maximum absolute atomic E-state index is 11.7. The molecule has 2 rings (SSSR count). The molecule has 0 saturated heterocycles. The molecular formula is C14H15N3O. The van der Waals surface area contributed by atoms with E-state index in [1.54, 1.807) is 17.8 Å². The smallest absolute Gasteiger partial charge is 0.249 e. The monoisotopic (exact) mass is 241 g/mol. The van der Waals surface area contributed by atoms with E-state index in [4.69, 9.17) is 0 Å². The molecular weight excluding hydrogens is 226 g/mol. The number of nitrogens with one attached hydrogen (secondary N) is 1. The second-order valence-electron chi connectivity index (χ2n) is 4.03. The molecule has 0 fully saturated rings. The van der Waals surface area contributed by atoms with Gasteiger partial charge in [0, 0.05) is 19.2 Å². The van der Waals surface area contributed by atoms with Crippen molar-refractivity contribution in [1.29, 1.82) is 0 Å². The number of benzene rings is 1. The van der Waals surface area contributed by atoms with Gasteiger partial charge in [-0.1, -0.05) is 30.3 Å². The lowest BCUT2D eigenvalue weighted by atomic mass is 10.2. The first-order valence-electron chi connectivity index (χ1n) is 5.70. The average molecular weight is 241 g/mol. The average Bonchev–Trinajstić information content (AvgIpc) is 2.67. The predicted octanol–water partition coefficient (Wildman–Crippen LogP) is 2.38. The van der Waals surface area contributed by atoms with Crippen LogP contribution in [0.4, 0.5) is 5.82 Å². The number of anilines is 1. The van der Waals surface area contributed by atoms with Gasteiger partial charge in [0.2, 0.25) is 5.91 Å². The van der Waals surface area contributed by atoms with Gasteiger partial charge >= 0.3 is 0 Å². The topological polar surface area (TPSA) is 46.9 Å². The normalized spacial score (nSPS) is 10.8. The molecule has 0 radical (unpaired) electrons. The van der Waals surface area contributed by atoms with Gasteiger partial charge in [-0.25, -0.2) is 0 Å². The number of rotatable bonds is 3. The molecule has 1 aromatic heterocycles. The van der Waals surface area contributed by atoms with Crippen LogP contribution in [0.1, 0.15) is 11.3 Å². The Morgan fingerprint density at radius 3 is 2.67 bits per heavy atom. The number of amides is 1. The highest BCUT2D eigenvalue weighted by Crippen LogP contribution is 2.08. The van der Waals surface area contributed by atoms with Crippen molar-refractivity contribution in [2.75, 3.05) is 5.32 Å². The van der Waals surface area contributed by atoms with Crippen LogP contribution >= 0.6 is 0 Å². The lowest BCUT2D eigenvalue weighted by molar-refractivity contribution is -0.111. The predicted molar refractivity (Wildman–Crippen MR) is 72.1 cm³/mol. The highest BCUT2D eigenvalue weighted by Gasteiger charge is 2.03. The fourth-order valence-electron chi connectivity index (χ4n) is 1.63. The summed E-state index contributed by atoms with van der Waals surface area (Å²) in [5, 5.41) is 6.94. The minimum Gasteiger partial charge on any atom is -0.307 e. The highest BCUT2D eigenvalue weighted by atomic mass is 16.1. The number of nitrogens with zero attached hydrogens (tertiary/aromatic N) is 2. The maximum Gasteiger partial charge on any atom is 0.249 e. The molecule has 1 N–H and O–H groups in total. The molecule has 4 nitrogen and oxygen atoms in total. The Balaban J connectivity index is 2.01. The number of aryl methyl sites for hydroxylation is 2. The summed E-state index contributed by atoms with van der Waals surface area (Å²) < 4.78 is 1.64. The Morgan fingerprint density at radius 2 is 2.06 bits per heavy atom. The summed E-state index contributed by atoms with van der Waals surface area (Å²) in [5.41, 5.74) is 1.87. The molecule has 0 aliphatic carbocycles. The Kier molecular flexibility index (Phi) is 3.57. The Labute approximate surface area is 106 Å². The van der Waals surface area contributed by atoms with Crippen LogP contribution in [0.3, 0.4) is 0 Å². The third-order valence-corrected chi connectivity index (χ3v) is 2.48. The Morgan fingerprint density at radius 1 is 1.33 bits per heavy atom. The minimum absolute atomic E-state index is 0.165. The molecule has 0 aliphatic rings. The van der Waals surface area contributed by atoms with Gasteiger partial charge in [0.15, 0.2) is 0 Å². The summed E-state index contributed by atoms with van der Waals surface area (Å²) in [7, 11) is 1.80. The van der Waals surface area contributed by atoms with Crippen molar-refractivity contribution in [3.05, 3.63) is 53.7 Å². The lowest BCUT2D eigenvalue weighted by Crippen LogP contribution is -2.11. The third-order valence-electron chi connectivity index (χ3n) is 2.48. The molecule has 1 amide bonds. The fraction of sp³-hybridized carbons (Fsp3) is 0.143. The largest absolute Gasteiger partial charge is 0.307 e. The van der Waals surface area contributed by atoms with Crippen LogP contribution in [0.5, 0.6) is 0 Å². The molecule has 0 saturated carbocycles. The lowest BCUT2D eigenvalue weighted by Gasteiger charge is -2.01. The second kappa shape index (κ2) is 5.31. The maximum atomic E-state index is 11.7. The Hall–Kier alpha value is -2.36. The number of hydrogen-bond acceptors (Lipinski definition) is 2. The molecule has 4 heteroatoms. The van der Waals surface area contributed by atoms with E-state index in [0.29, 0.717) is 5.82 Å². The summed E-state index contributed by atoms with van der Waals surface area (Å²) >= 11 is 0. The van der Waals surface area contributed by atoms with Crippen LogP contribution in [0.25, 0.3) is 6.08 Å². The number of carbonyl (C=O) groups is 1. The van der Waals surface area contributed by atoms with E-state index >= 15 is 0 Å². The first-order valence-corrected chi connectivity index (χ1v) is 5.70. The standard InChI is InChI=1S/C14H15N3O/c1-11-10-13(17(2)16-11)15-14(18)9-8-12-6-4-3-5-7-12/h3-10H,1-2H3,(H,15,18). The van der Waals surface area contributed by atoms with E-state index < -0.39 is 0 Å². The van der Waals surface area contributed by atoms with Crippen molar-refractivity contribution in [3.8, 4) is 0 Å². The first kappa shape index (κ1) is 12.1. The van der Waals surface area contributed by atoms with E-state index in [1.165, 1.54) is 6.08 Å². The molecule has 0 bridgehead atoms. The molecule has 0 aliphatic heterocycles. The van der Waals surface area contributed by atoms with Crippen LogP contribution in [0.15, 0.2) is 42.5 Å². The quantitative estimate of drug-likeness (QED) is 0.839. The van der Waals surface area contributed by atoms with Crippen LogP contribution in [0.2, 0.25) is 0 Å². The summed E-state index contributed by atoms with van der Waals surface area (Å²) in [5.74, 6) is 0.525. The molecule has 18 heavy (non-hydrogen) atoms. The Bertz CT molecular complexity index is 570. The van der Waals surface area contributed by atoms with Gasteiger partial charge in [0.05, 0.1) is 5.69 Å². The summed E-state index contributed by atoms with van der Waals surface area (Å²) in [6.45, 7) is 1.88. The SMILES string of the molecule is Cc1cc(NC(=O)C=Cc2ccccc2)n(C)n1. The van der Waals surface area contributed by atoms with E-state index in [0.717, 1.165) is 11.3 Å². The number of carbonyl (C=O) groups excluding carboxylic acids is 1. The van der Waals surface area contributed by atoms with E-state index in [9.17, 15) is 4.79 Å².